The molecule has 0 spiro atoms. The average Bonchev–Trinajstić information content (AvgIpc) is 3.00. The van der Waals surface area contributed by atoms with E-state index in [-0.39, 0.29) is 0 Å². The van der Waals surface area contributed by atoms with Gasteiger partial charge in [0, 0.05) is 19.3 Å². The topological polar surface area (TPSA) is 69.4 Å². The van der Waals surface area contributed by atoms with Crippen molar-refractivity contribution >= 4 is 0 Å². The maximum atomic E-state index is 5.92. The first kappa shape index (κ1) is 18.9. The largest absolute Gasteiger partial charge is 0.493 e. The summed E-state index contributed by atoms with van der Waals surface area (Å²) < 4.78 is 16.6. The number of pyridine rings is 1. The molecule has 0 fully saturated rings. The van der Waals surface area contributed by atoms with Crippen LogP contribution in [0.1, 0.15) is 33.8 Å². The Morgan fingerprint density at radius 1 is 1.07 bits per heavy atom. The fourth-order valence-electron chi connectivity index (χ4n) is 2.83. The summed E-state index contributed by atoms with van der Waals surface area (Å²) in [6, 6.07) is 9.97. The normalized spacial score (nSPS) is 10.8. The molecule has 142 valence electrons. The number of hydrogen-bond acceptors (Lipinski definition) is 6. The lowest BCUT2D eigenvalue weighted by Crippen LogP contribution is -2.14. The van der Waals surface area contributed by atoms with Crippen LogP contribution < -0.4 is 14.8 Å². The smallest absolute Gasteiger partial charge is 0.161 e. The third-order valence-electron chi connectivity index (χ3n) is 4.52. The molecule has 0 saturated heterocycles. The van der Waals surface area contributed by atoms with E-state index in [1.807, 2.05) is 44.3 Å². The minimum absolute atomic E-state index is 0.397. The van der Waals surface area contributed by atoms with Gasteiger partial charge in [0.15, 0.2) is 11.5 Å². The third-order valence-corrected chi connectivity index (χ3v) is 4.52. The average molecular weight is 367 g/mol. The lowest BCUT2D eigenvalue weighted by molar-refractivity contribution is 0.281. The maximum Gasteiger partial charge on any atom is 0.161 e. The molecule has 0 bridgehead atoms. The van der Waals surface area contributed by atoms with E-state index in [1.54, 1.807) is 7.11 Å². The van der Waals surface area contributed by atoms with Gasteiger partial charge in [-0.25, -0.2) is 0 Å². The summed E-state index contributed by atoms with van der Waals surface area (Å²) >= 11 is 0. The van der Waals surface area contributed by atoms with Crippen molar-refractivity contribution in [1.29, 1.82) is 0 Å². The Bertz CT molecular complexity index is 886. The van der Waals surface area contributed by atoms with Gasteiger partial charge in [-0.2, -0.15) is 0 Å². The van der Waals surface area contributed by atoms with Crippen molar-refractivity contribution < 1.29 is 14.0 Å². The minimum atomic E-state index is 0.397. The van der Waals surface area contributed by atoms with E-state index < -0.39 is 0 Å². The van der Waals surface area contributed by atoms with E-state index in [9.17, 15) is 0 Å². The number of methoxy groups -OCH3 is 1. The second-order valence-corrected chi connectivity index (χ2v) is 6.45. The Balaban J connectivity index is 1.61. The zero-order chi connectivity index (χ0) is 19.2. The third kappa shape index (κ3) is 4.65. The highest BCUT2D eigenvalue weighted by Crippen LogP contribution is 2.29. The summed E-state index contributed by atoms with van der Waals surface area (Å²) in [5, 5.41) is 7.37. The number of rotatable bonds is 8. The monoisotopic (exact) mass is 367 g/mol. The van der Waals surface area contributed by atoms with Crippen LogP contribution in [0.25, 0.3) is 0 Å². The molecule has 0 radical (unpaired) electrons. The van der Waals surface area contributed by atoms with Gasteiger partial charge in [0.25, 0.3) is 0 Å². The molecule has 6 heteroatoms. The highest BCUT2D eigenvalue weighted by Gasteiger charge is 2.12. The molecule has 1 aromatic carbocycles. The van der Waals surface area contributed by atoms with Gasteiger partial charge in [0.2, 0.25) is 0 Å². The highest BCUT2D eigenvalue weighted by molar-refractivity contribution is 5.43. The van der Waals surface area contributed by atoms with E-state index >= 15 is 0 Å². The number of aromatic nitrogens is 2. The van der Waals surface area contributed by atoms with E-state index in [2.05, 4.69) is 28.4 Å². The lowest BCUT2D eigenvalue weighted by atomic mass is 10.2. The van der Waals surface area contributed by atoms with E-state index in [1.165, 1.54) is 5.56 Å². The van der Waals surface area contributed by atoms with E-state index in [0.717, 1.165) is 41.4 Å². The van der Waals surface area contributed by atoms with Crippen molar-refractivity contribution in [2.24, 2.45) is 0 Å². The van der Waals surface area contributed by atoms with Gasteiger partial charge in [0.1, 0.15) is 12.4 Å². The van der Waals surface area contributed by atoms with Gasteiger partial charge in [0.05, 0.1) is 24.1 Å². The second kappa shape index (κ2) is 8.68. The first-order valence-electron chi connectivity index (χ1n) is 8.91. The van der Waals surface area contributed by atoms with Crippen LogP contribution in [0.4, 0.5) is 0 Å². The van der Waals surface area contributed by atoms with Crippen molar-refractivity contribution in [3.05, 3.63) is 70.4 Å². The molecule has 0 unspecified atom stereocenters. The second-order valence-electron chi connectivity index (χ2n) is 6.45. The van der Waals surface area contributed by atoms with Crippen molar-refractivity contribution in [3.63, 3.8) is 0 Å². The number of hydrogen-bond donors (Lipinski definition) is 1. The van der Waals surface area contributed by atoms with Crippen LogP contribution >= 0.6 is 0 Å². The molecule has 6 nitrogen and oxygen atoms in total. The molecule has 0 aliphatic rings. The number of ether oxygens (including phenoxy) is 2. The molecule has 0 aliphatic heterocycles. The van der Waals surface area contributed by atoms with Crippen LogP contribution in [0.15, 0.2) is 41.1 Å². The Labute approximate surface area is 159 Å². The quantitative estimate of drug-likeness (QED) is 0.652. The molecule has 3 aromatic rings. The first-order chi connectivity index (χ1) is 13.1. The SMILES string of the molecule is COc1cc(CNCc2ncccc2C)ccc1OCc1c(C)noc1C. The molecule has 0 saturated carbocycles. The standard InChI is InChI=1S/C21H25N3O3/c1-14-6-5-9-23-19(14)12-22-11-17-7-8-20(21(10-17)25-4)26-13-18-15(2)24-27-16(18)3/h5-10,22H,11-13H2,1-4H3. The molecular formula is C21H25N3O3. The Kier molecular flexibility index (Phi) is 6.08. The Hall–Kier alpha value is -2.86. The summed E-state index contributed by atoms with van der Waals surface area (Å²) in [5.41, 5.74) is 5.17. The van der Waals surface area contributed by atoms with Gasteiger partial charge in [-0.1, -0.05) is 17.3 Å². The zero-order valence-corrected chi connectivity index (χ0v) is 16.2. The van der Waals surface area contributed by atoms with Gasteiger partial charge in [-0.05, 0) is 50.1 Å². The van der Waals surface area contributed by atoms with Gasteiger partial charge in [-0.3, -0.25) is 4.98 Å². The van der Waals surface area contributed by atoms with E-state index in [0.29, 0.717) is 18.1 Å². The van der Waals surface area contributed by atoms with Crippen LogP contribution in [0.2, 0.25) is 0 Å². The van der Waals surface area contributed by atoms with Crippen LogP contribution in [0, 0.1) is 20.8 Å². The fourth-order valence-corrected chi connectivity index (χ4v) is 2.83. The molecule has 27 heavy (non-hydrogen) atoms. The molecule has 2 aromatic heterocycles. The zero-order valence-electron chi connectivity index (χ0n) is 16.2. The number of nitrogens with one attached hydrogen (secondary N) is 1. The summed E-state index contributed by atoms with van der Waals surface area (Å²) in [6.45, 7) is 7.69. The summed E-state index contributed by atoms with van der Waals surface area (Å²) in [5.74, 6) is 2.17. The maximum absolute atomic E-state index is 5.92. The number of nitrogens with zero attached hydrogens (tertiary/aromatic N) is 2. The Morgan fingerprint density at radius 3 is 2.63 bits per heavy atom. The summed E-state index contributed by atoms with van der Waals surface area (Å²) in [7, 11) is 1.65. The Morgan fingerprint density at radius 2 is 1.93 bits per heavy atom. The number of benzene rings is 1. The van der Waals surface area contributed by atoms with Crippen molar-refractivity contribution in [3.8, 4) is 11.5 Å². The molecular weight excluding hydrogens is 342 g/mol. The minimum Gasteiger partial charge on any atom is -0.493 e. The highest BCUT2D eigenvalue weighted by atomic mass is 16.5. The molecule has 0 amide bonds. The first-order valence-corrected chi connectivity index (χ1v) is 8.91. The molecule has 0 atom stereocenters. The van der Waals surface area contributed by atoms with Gasteiger partial charge in [-0.15, -0.1) is 0 Å². The van der Waals surface area contributed by atoms with Crippen molar-refractivity contribution in [2.75, 3.05) is 7.11 Å². The number of aryl methyl sites for hydroxylation is 3. The molecule has 1 N–H and O–H groups in total. The van der Waals surface area contributed by atoms with Crippen LogP contribution in [0.3, 0.4) is 0 Å². The van der Waals surface area contributed by atoms with Gasteiger partial charge >= 0.3 is 0 Å². The summed E-state index contributed by atoms with van der Waals surface area (Å²) in [6.07, 6.45) is 1.82. The predicted octanol–water partition coefficient (Wildman–Crippen LogP) is 3.87. The van der Waals surface area contributed by atoms with Gasteiger partial charge < -0.3 is 19.3 Å². The molecule has 3 rings (SSSR count). The van der Waals surface area contributed by atoms with Crippen molar-refractivity contribution in [2.45, 2.75) is 40.5 Å². The lowest BCUT2D eigenvalue weighted by Gasteiger charge is -2.13. The van der Waals surface area contributed by atoms with Crippen LogP contribution in [-0.2, 0) is 19.7 Å². The van der Waals surface area contributed by atoms with E-state index in [4.69, 9.17) is 14.0 Å². The van der Waals surface area contributed by atoms with Crippen LogP contribution in [0.5, 0.6) is 11.5 Å². The van der Waals surface area contributed by atoms with Crippen molar-refractivity contribution in [1.82, 2.24) is 15.5 Å². The summed E-state index contributed by atoms with van der Waals surface area (Å²) in [4.78, 5) is 4.40. The van der Waals surface area contributed by atoms with Crippen LogP contribution in [-0.4, -0.2) is 17.3 Å². The predicted molar refractivity (Wildman–Crippen MR) is 103 cm³/mol. The fraction of sp³-hybridized carbons (Fsp3) is 0.333. The molecule has 2 heterocycles. The molecule has 0 aliphatic carbocycles.